The average Bonchev–Trinajstić information content (AvgIpc) is 2.68. The van der Waals surface area contributed by atoms with Crippen LogP contribution in [0.3, 0.4) is 0 Å². The number of hydrogen-bond donors (Lipinski definition) is 5. The first-order valence-electron chi connectivity index (χ1n) is 4.20. The third kappa shape index (κ3) is 0.874. The van der Waals surface area contributed by atoms with E-state index >= 15 is 0 Å². The van der Waals surface area contributed by atoms with Crippen LogP contribution in [-0.2, 0) is 0 Å². The lowest BCUT2D eigenvalue weighted by Gasteiger charge is -1.94. The van der Waals surface area contributed by atoms with E-state index in [1.165, 1.54) is 0 Å². The summed E-state index contributed by atoms with van der Waals surface area (Å²) in [7, 11) is 0. The standard InChI is InChI=1S/C8H8N6O2/c9-3-1-2(4(10)6(3)12)7(13-15)8(14-16)5(1)11/h16H,(H2,11,14)(H5,9,10,12). The van der Waals surface area contributed by atoms with Crippen LogP contribution < -0.4 is 27.9 Å². The Bertz CT molecular complexity index is 652. The summed E-state index contributed by atoms with van der Waals surface area (Å²) in [4.78, 5) is 10.6. The molecule has 0 spiro atoms. The SMILES string of the molecule is N=c1c(N)c(N)c2c(N)c(=NO)c(N=O)c1-2. The minimum atomic E-state index is -0.219. The van der Waals surface area contributed by atoms with E-state index in [0.717, 1.165) is 0 Å². The van der Waals surface area contributed by atoms with Gasteiger partial charge < -0.3 is 22.4 Å². The smallest absolute Gasteiger partial charge is 0.156 e. The Morgan fingerprint density at radius 1 is 1.06 bits per heavy atom. The van der Waals surface area contributed by atoms with Gasteiger partial charge in [-0.15, -0.1) is 4.91 Å². The van der Waals surface area contributed by atoms with E-state index in [4.69, 9.17) is 27.8 Å². The van der Waals surface area contributed by atoms with Gasteiger partial charge in [-0.2, -0.15) is 0 Å². The van der Waals surface area contributed by atoms with E-state index in [1.54, 1.807) is 0 Å². The number of anilines is 3. The number of nitrogens with zero attached hydrogens (tertiary/aromatic N) is 2. The van der Waals surface area contributed by atoms with E-state index in [-0.39, 0.29) is 44.6 Å². The molecule has 0 atom stereocenters. The minimum absolute atomic E-state index is 0.00481. The minimum Gasteiger partial charge on any atom is -0.410 e. The Morgan fingerprint density at radius 2 is 1.69 bits per heavy atom. The van der Waals surface area contributed by atoms with Crippen LogP contribution in [-0.4, -0.2) is 5.21 Å². The van der Waals surface area contributed by atoms with Gasteiger partial charge in [0.1, 0.15) is 5.69 Å². The number of nitrogens with two attached hydrogens (primary N) is 3. The summed E-state index contributed by atoms with van der Waals surface area (Å²) in [6, 6.07) is 0. The van der Waals surface area contributed by atoms with Crippen LogP contribution in [0.1, 0.15) is 0 Å². The Morgan fingerprint density at radius 3 is 2.19 bits per heavy atom. The first kappa shape index (κ1) is 9.90. The molecular formula is C8H8N6O2. The van der Waals surface area contributed by atoms with Crippen molar-refractivity contribution in [2.24, 2.45) is 10.3 Å². The van der Waals surface area contributed by atoms with Crippen molar-refractivity contribution in [3.8, 4) is 11.1 Å². The Balaban J connectivity index is 3.13. The summed E-state index contributed by atoms with van der Waals surface area (Å²) in [6.45, 7) is 0. The molecule has 0 unspecified atom stereocenters. The van der Waals surface area contributed by atoms with E-state index in [0.29, 0.717) is 0 Å². The van der Waals surface area contributed by atoms with Gasteiger partial charge in [0.25, 0.3) is 0 Å². The van der Waals surface area contributed by atoms with E-state index in [2.05, 4.69) is 10.3 Å². The molecule has 8 heteroatoms. The predicted octanol–water partition coefficient (Wildman–Crippen LogP) is -0.419. The molecule has 0 saturated heterocycles. The fraction of sp³-hybridized carbons (Fsp3) is 0. The van der Waals surface area contributed by atoms with Gasteiger partial charge in [-0.1, -0.05) is 5.16 Å². The second-order valence-corrected chi connectivity index (χ2v) is 3.25. The topological polar surface area (TPSA) is 164 Å². The fourth-order valence-electron chi connectivity index (χ4n) is 1.73. The molecule has 2 aliphatic rings. The number of nitrogens with one attached hydrogen (secondary N) is 1. The summed E-state index contributed by atoms with van der Waals surface area (Å²) in [5, 5.41) is 21.6. The van der Waals surface area contributed by atoms with Gasteiger partial charge in [0.2, 0.25) is 0 Å². The van der Waals surface area contributed by atoms with Crippen molar-refractivity contribution >= 4 is 22.7 Å². The van der Waals surface area contributed by atoms with Gasteiger partial charge in [0.15, 0.2) is 5.36 Å². The van der Waals surface area contributed by atoms with Crippen molar-refractivity contribution in [1.29, 1.82) is 5.41 Å². The van der Waals surface area contributed by atoms with Crippen LogP contribution in [0.4, 0.5) is 22.7 Å². The largest absolute Gasteiger partial charge is 0.410 e. The fourth-order valence-corrected chi connectivity index (χ4v) is 1.73. The van der Waals surface area contributed by atoms with Gasteiger partial charge in [0, 0.05) is 11.1 Å². The van der Waals surface area contributed by atoms with Crippen molar-refractivity contribution in [3.63, 3.8) is 0 Å². The van der Waals surface area contributed by atoms with Gasteiger partial charge in [-0.05, 0) is 5.18 Å². The van der Waals surface area contributed by atoms with E-state index in [9.17, 15) is 4.91 Å². The summed E-state index contributed by atoms with van der Waals surface area (Å²) in [5.74, 6) is 0. The van der Waals surface area contributed by atoms with Crippen LogP contribution in [0.5, 0.6) is 0 Å². The number of nitroso groups, excluding NO2 is 1. The van der Waals surface area contributed by atoms with E-state index < -0.39 is 0 Å². The number of nitrogen functional groups attached to an aromatic ring is 3. The summed E-state index contributed by atoms with van der Waals surface area (Å²) in [5.41, 5.74) is 17.1. The Hall–Kier alpha value is -2.64. The van der Waals surface area contributed by atoms with Gasteiger partial charge >= 0.3 is 0 Å². The monoisotopic (exact) mass is 220 g/mol. The molecule has 0 saturated carbocycles. The lowest BCUT2D eigenvalue weighted by Crippen LogP contribution is -2.08. The third-order valence-corrected chi connectivity index (χ3v) is 2.51. The maximum absolute atomic E-state index is 10.6. The zero-order valence-electron chi connectivity index (χ0n) is 7.98. The predicted molar refractivity (Wildman–Crippen MR) is 57.3 cm³/mol. The molecule has 82 valence electrons. The zero-order valence-corrected chi connectivity index (χ0v) is 7.98. The van der Waals surface area contributed by atoms with Gasteiger partial charge in [-0.3, -0.25) is 5.41 Å². The summed E-state index contributed by atoms with van der Waals surface area (Å²) in [6.07, 6.45) is 0. The molecule has 2 aliphatic carbocycles. The number of fused-ring (bicyclic) bond motifs is 1. The van der Waals surface area contributed by atoms with Crippen molar-refractivity contribution in [1.82, 2.24) is 0 Å². The van der Waals surface area contributed by atoms with Crippen LogP contribution in [0.2, 0.25) is 0 Å². The van der Waals surface area contributed by atoms with Crippen molar-refractivity contribution < 1.29 is 5.21 Å². The number of hydrogen-bond acceptors (Lipinski definition) is 8. The molecule has 0 heterocycles. The third-order valence-electron chi connectivity index (χ3n) is 2.51. The Labute approximate surface area is 88.5 Å². The van der Waals surface area contributed by atoms with Crippen LogP contribution in [0.15, 0.2) is 10.3 Å². The first-order valence-corrected chi connectivity index (χ1v) is 4.20. The molecule has 0 aliphatic heterocycles. The highest BCUT2D eigenvalue weighted by molar-refractivity contribution is 6.03. The highest BCUT2D eigenvalue weighted by Crippen LogP contribution is 2.41. The molecule has 8 N–H and O–H groups in total. The summed E-state index contributed by atoms with van der Waals surface area (Å²) < 4.78 is 0. The maximum atomic E-state index is 10.6. The van der Waals surface area contributed by atoms with Gasteiger partial charge in [0.05, 0.1) is 22.4 Å². The highest BCUT2D eigenvalue weighted by Gasteiger charge is 2.28. The van der Waals surface area contributed by atoms with Crippen LogP contribution in [0, 0.1) is 10.3 Å². The Kier molecular flexibility index (Phi) is 1.81. The second kappa shape index (κ2) is 2.92. The number of rotatable bonds is 1. The zero-order chi connectivity index (χ0) is 12.0. The molecule has 16 heavy (non-hydrogen) atoms. The molecular weight excluding hydrogens is 212 g/mol. The normalized spacial score (nSPS) is 12.4. The highest BCUT2D eigenvalue weighted by atomic mass is 16.4. The van der Waals surface area contributed by atoms with Gasteiger partial charge in [-0.25, -0.2) is 0 Å². The average molecular weight is 220 g/mol. The van der Waals surface area contributed by atoms with E-state index in [1.807, 2.05) is 0 Å². The maximum Gasteiger partial charge on any atom is 0.156 e. The first-order chi connectivity index (χ1) is 7.54. The molecule has 0 aromatic rings. The van der Waals surface area contributed by atoms with Crippen molar-refractivity contribution in [3.05, 3.63) is 15.6 Å². The van der Waals surface area contributed by atoms with Crippen molar-refractivity contribution in [2.45, 2.75) is 0 Å². The molecule has 8 nitrogen and oxygen atoms in total. The molecule has 0 fully saturated rings. The molecule has 2 rings (SSSR count). The summed E-state index contributed by atoms with van der Waals surface area (Å²) >= 11 is 0. The molecule has 0 bridgehead atoms. The molecule has 0 amide bonds. The lowest BCUT2D eigenvalue weighted by molar-refractivity contribution is 0.303. The lowest BCUT2D eigenvalue weighted by atomic mass is 10.2. The molecule has 0 radical (unpaired) electrons. The van der Waals surface area contributed by atoms with Crippen LogP contribution >= 0.6 is 0 Å². The quantitative estimate of drug-likeness (QED) is 0.250. The van der Waals surface area contributed by atoms with Crippen LogP contribution in [0.25, 0.3) is 11.1 Å². The molecule has 0 aromatic heterocycles. The molecule has 0 aromatic carbocycles. The van der Waals surface area contributed by atoms with Crippen molar-refractivity contribution in [2.75, 3.05) is 17.2 Å². The second-order valence-electron chi connectivity index (χ2n) is 3.25.